The van der Waals surface area contributed by atoms with Crippen LogP contribution in [0.1, 0.15) is 38.9 Å². The minimum atomic E-state index is -0.383. The normalized spacial score (nSPS) is 21.1. The Labute approximate surface area is 123 Å². The van der Waals surface area contributed by atoms with Crippen molar-refractivity contribution in [3.63, 3.8) is 0 Å². The zero-order valence-corrected chi connectivity index (χ0v) is 13.0. The fraction of sp³-hybridized carbons (Fsp3) is 0.647. The molecule has 1 aromatic carbocycles. The Kier molecular flexibility index (Phi) is 5.58. The van der Waals surface area contributed by atoms with Crippen molar-refractivity contribution in [3.8, 4) is 0 Å². The molecule has 0 bridgehead atoms. The standard InChI is InChI=1S/C17H28N2O/c1-4-16(17(20)15-8-6-5-7-9-15)19-12-10-18(11-13-19)14(2)3/h5-9,14,16-17,20H,4,10-13H2,1-3H3. The maximum atomic E-state index is 10.7. The van der Waals surface area contributed by atoms with E-state index in [-0.39, 0.29) is 12.1 Å². The van der Waals surface area contributed by atoms with E-state index in [1.54, 1.807) is 0 Å². The topological polar surface area (TPSA) is 26.7 Å². The molecule has 112 valence electrons. The third kappa shape index (κ3) is 3.60. The molecule has 2 rings (SSSR count). The Bertz CT molecular complexity index is 385. The smallest absolute Gasteiger partial charge is 0.0945 e. The number of hydrogen-bond donors (Lipinski definition) is 1. The van der Waals surface area contributed by atoms with E-state index in [9.17, 15) is 5.11 Å². The molecule has 3 nitrogen and oxygen atoms in total. The van der Waals surface area contributed by atoms with Crippen molar-refractivity contribution < 1.29 is 5.11 Å². The quantitative estimate of drug-likeness (QED) is 0.895. The van der Waals surface area contributed by atoms with Gasteiger partial charge in [-0.05, 0) is 25.8 Å². The van der Waals surface area contributed by atoms with Gasteiger partial charge in [-0.15, -0.1) is 0 Å². The maximum Gasteiger partial charge on any atom is 0.0945 e. The summed E-state index contributed by atoms with van der Waals surface area (Å²) in [4.78, 5) is 4.97. The maximum absolute atomic E-state index is 10.7. The summed E-state index contributed by atoms with van der Waals surface area (Å²) in [5.74, 6) is 0. The largest absolute Gasteiger partial charge is 0.387 e. The Balaban J connectivity index is 1.99. The van der Waals surface area contributed by atoms with Crippen molar-refractivity contribution in [2.75, 3.05) is 26.2 Å². The summed E-state index contributed by atoms with van der Waals surface area (Å²) in [5.41, 5.74) is 1.03. The van der Waals surface area contributed by atoms with Gasteiger partial charge in [0.15, 0.2) is 0 Å². The lowest BCUT2D eigenvalue weighted by molar-refractivity contribution is 0.00981. The van der Waals surface area contributed by atoms with Crippen LogP contribution >= 0.6 is 0 Å². The summed E-state index contributed by atoms with van der Waals surface area (Å²) in [5, 5.41) is 10.7. The average molecular weight is 276 g/mol. The first-order chi connectivity index (χ1) is 9.63. The van der Waals surface area contributed by atoms with Crippen LogP contribution in [-0.2, 0) is 0 Å². The lowest BCUT2D eigenvalue weighted by Gasteiger charge is -2.42. The molecule has 0 radical (unpaired) electrons. The van der Waals surface area contributed by atoms with Crippen molar-refractivity contribution >= 4 is 0 Å². The Morgan fingerprint density at radius 3 is 2.05 bits per heavy atom. The van der Waals surface area contributed by atoms with Crippen LogP contribution in [-0.4, -0.2) is 53.2 Å². The molecule has 0 spiro atoms. The van der Waals surface area contributed by atoms with Crippen molar-refractivity contribution in [1.29, 1.82) is 0 Å². The van der Waals surface area contributed by atoms with Gasteiger partial charge in [-0.2, -0.15) is 0 Å². The van der Waals surface area contributed by atoms with Crippen molar-refractivity contribution in [3.05, 3.63) is 35.9 Å². The molecule has 0 saturated carbocycles. The first-order valence-corrected chi connectivity index (χ1v) is 7.84. The molecule has 1 fully saturated rings. The molecule has 1 aliphatic rings. The molecule has 0 amide bonds. The Morgan fingerprint density at radius 1 is 1.00 bits per heavy atom. The highest BCUT2D eigenvalue weighted by atomic mass is 16.3. The van der Waals surface area contributed by atoms with Crippen molar-refractivity contribution in [2.24, 2.45) is 0 Å². The van der Waals surface area contributed by atoms with Crippen LogP contribution in [0.15, 0.2) is 30.3 Å². The van der Waals surface area contributed by atoms with Gasteiger partial charge in [-0.3, -0.25) is 9.80 Å². The van der Waals surface area contributed by atoms with E-state index in [4.69, 9.17) is 0 Å². The third-order valence-corrected chi connectivity index (χ3v) is 4.47. The summed E-state index contributed by atoms with van der Waals surface area (Å²) in [7, 11) is 0. The minimum absolute atomic E-state index is 0.228. The van der Waals surface area contributed by atoms with E-state index in [1.807, 2.05) is 30.3 Å². The monoisotopic (exact) mass is 276 g/mol. The number of benzene rings is 1. The first-order valence-electron chi connectivity index (χ1n) is 7.84. The molecular formula is C17H28N2O. The molecule has 1 aliphatic heterocycles. The molecule has 0 aromatic heterocycles. The fourth-order valence-electron chi connectivity index (χ4n) is 3.14. The summed E-state index contributed by atoms with van der Waals surface area (Å²) in [6.45, 7) is 11.0. The van der Waals surface area contributed by atoms with Gasteiger partial charge in [-0.25, -0.2) is 0 Å². The molecule has 1 heterocycles. The summed E-state index contributed by atoms with van der Waals surface area (Å²) in [6, 6.07) is 10.9. The predicted octanol–water partition coefficient (Wildman–Crippen LogP) is 2.52. The molecule has 2 atom stereocenters. The Hall–Kier alpha value is -0.900. The lowest BCUT2D eigenvalue weighted by atomic mass is 9.98. The second-order valence-corrected chi connectivity index (χ2v) is 6.00. The highest BCUT2D eigenvalue weighted by Gasteiger charge is 2.29. The van der Waals surface area contributed by atoms with Crippen LogP contribution in [0.5, 0.6) is 0 Å². The van der Waals surface area contributed by atoms with Crippen LogP contribution in [0.25, 0.3) is 0 Å². The zero-order valence-electron chi connectivity index (χ0n) is 13.0. The number of nitrogens with zero attached hydrogens (tertiary/aromatic N) is 2. The molecule has 20 heavy (non-hydrogen) atoms. The van der Waals surface area contributed by atoms with Crippen molar-refractivity contribution in [1.82, 2.24) is 9.80 Å². The van der Waals surface area contributed by atoms with Crippen LogP contribution in [0.4, 0.5) is 0 Å². The second kappa shape index (κ2) is 7.21. The van der Waals surface area contributed by atoms with Gasteiger partial charge >= 0.3 is 0 Å². The lowest BCUT2D eigenvalue weighted by Crippen LogP contribution is -2.53. The SMILES string of the molecule is CCC(C(O)c1ccccc1)N1CCN(C(C)C)CC1. The van der Waals surface area contributed by atoms with Gasteiger partial charge in [-0.1, -0.05) is 37.3 Å². The number of hydrogen-bond acceptors (Lipinski definition) is 3. The molecular weight excluding hydrogens is 248 g/mol. The van der Waals surface area contributed by atoms with Gasteiger partial charge in [0, 0.05) is 38.3 Å². The van der Waals surface area contributed by atoms with Crippen LogP contribution in [0, 0.1) is 0 Å². The van der Waals surface area contributed by atoms with Crippen LogP contribution in [0.3, 0.4) is 0 Å². The third-order valence-electron chi connectivity index (χ3n) is 4.47. The average Bonchev–Trinajstić information content (AvgIpc) is 2.49. The zero-order chi connectivity index (χ0) is 14.5. The number of aliphatic hydroxyl groups is 1. The van der Waals surface area contributed by atoms with Gasteiger partial charge in [0.2, 0.25) is 0 Å². The van der Waals surface area contributed by atoms with Crippen LogP contribution in [0.2, 0.25) is 0 Å². The van der Waals surface area contributed by atoms with E-state index >= 15 is 0 Å². The summed E-state index contributed by atoms with van der Waals surface area (Å²) >= 11 is 0. The first kappa shape index (κ1) is 15.5. The number of aliphatic hydroxyl groups excluding tert-OH is 1. The van der Waals surface area contributed by atoms with E-state index in [0.717, 1.165) is 38.2 Å². The highest BCUT2D eigenvalue weighted by molar-refractivity contribution is 5.19. The molecule has 0 aliphatic carbocycles. The van der Waals surface area contributed by atoms with Gasteiger partial charge in [0.1, 0.15) is 0 Å². The van der Waals surface area contributed by atoms with Gasteiger partial charge in [0.25, 0.3) is 0 Å². The predicted molar refractivity (Wildman–Crippen MR) is 83.8 cm³/mol. The van der Waals surface area contributed by atoms with Gasteiger partial charge < -0.3 is 5.11 Å². The molecule has 2 unspecified atom stereocenters. The minimum Gasteiger partial charge on any atom is -0.387 e. The van der Waals surface area contributed by atoms with Crippen molar-refractivity contribution in [2.45, 2.75) is 45.4 Å². The number of rotatable bonds is 5. The molecule has 3 heteroatoms. The molecule has 1 aromatic rings. The van der Waals surface area contributed by atoms with E-state index in [0.29, 0.717) is 6.04 Å². The molecule has 1 saturated heterocycles. The number of piperazine rings is 1. The second-order valence-electron chi connectivity index (χ2n) is 6.00. The Morgan fingerprint density at radius 2 is 1.55 bits per heavy atom. The molecule has 1 N–H and O–H groups in total. The van der Waals surface area contributed by atoms with Crippen LogP contribution < -0.4 is 0 Å². The summed E-state index contributed by atoms with van der Waals surface area (Å²) < 4.78 is 0. The van der Waals surface area contributed by atoms with E-state index < -0.39 is 0 Å². The van der Waals surface area contributed by atoms with Gasteiger partial charge in [0.05, 0.1) is 6.10 Å². The fourth-order valence-corrected chi connectivity index (χ4v) is 3.14. The summed E-state index contributed by atoms with van der Waals surface area (Å²) in [6.07, 6.45) is 0.601. The van der Waals surface area contributed by atoms with E-state index in [2.05, 4.69) is 30.6 Å². The van der Waals surface area contributed by atoms with E-state index in [1.165, 1.54) is 0 Å². The highest BCUT2D eigenvalue weighted by Crippen LogP contribution is 2.24.